The van der Waals surface area contributed by atoms with Gasteiger partial charge in [-0.2, -0.15) is 0 Å². The molecule has 0 saturated carbocycles. The maximum Gasteiger partial charge on any atom is 0.257 e. The number of hydrogen-bond acceptors (Lipinski definition) is 7. The van der Waals surface area contributed by atoms with Crippen molar-refractivity contribution in [3.8, 4) is 11.5 Å². The Balaban J connectivity index is 1.80. The minimum absolute atomic E-state index is 0.0674. The number of hydrogen-bond donors (Lipinski definition) is 3. The number of carbonyl (C=O) groups excluding carboxylic acids is 1. The fraction of sp³-hybridized carbons (Fsp3) is 0.353. The Labute approximate surface area is 145 Å². The molecule has 1 fully saturated rings. The molecule has 1 unspecified atom stereocenters. The van der Waals surface area contributed by atoms with E-state index in [9.17, 15) is 20.1 Å². The first-order chi connectivity index (χ1) is 12.1. The van der Waals surface area contributed by atoms with E-state index in [0.717, 1.165) is 6.07 Å². The summed E-state index contributed by atoms with van der Waals surface area (Å²) in [4.78, 5) is 24.7. The molecular formula is C17H20N4O4. The van der Waals surface area contributed by atoms with Crippen molar-refractivity contribution in [2.75, 3.05) is 37.7 Å². The molecule has 25 heavy (non-hydrogen) atoms. The topological polar surface area (TPSA) is 110 Å². The highest BCUT2D eigenvalue weighted by molar-refractivity contribution is 5.97. The minimum atomic E-state index is -0.336. The summed E-state index contributed by atoms with van der Waals surface area (Å²) >= 11 is 0. The molecule has 8 heteroatoms. The number of aliphatic hydroxyl groups excluding tert-OH is 1. The summed E-state index contributed by atoms with van der Waals surface area (Å²) in [6, 6.07) is 3.90. The van der Waals surface area contributed by atoms with Gasteiger partial charge >= 0.3 is 0 Å². The van der Waals surface area contributed by atoms with Crippen LogP contribution >= 0.6 is 0 Å². The fourth-order valence-electron chi connectivity index (χ4n) is 2.94. The Morgan fingerprint density at radius 3 is 2.72 bits per heavy atom. The lowest BCUT2D eigenvalue weighted by Crippen LogP contribution is -2.36. The molecule has 0 radical (unpaired) electrons. The van der Waals surface area contributed by atoms with Gasteiger partial charge in [-0.25, -0.2) is 4.98 Å². The lowest BCUT2D eigenvalue weighted by molar-refractivity contribution is 0.0725. The number of aromatic nitrogens is 2. The molecular weight excluding hydrogens is 324 g/mol. The van der Waals surface area contributed by atoms with E-state index < -0.39 is 0 Å². The van der Waals surface area contributed by atoms with Crippen molar-refractivity contribution >= 4 is 11.7 Å². The number of rotatable bonds is 3. The molecule has 1 aliphatic rings. The monoisotopic (exact) mass is 344 g/mol. The number of benzene rings is 1. The van der Waals surface area contributed by atoms with Crippen LogP contribution in [-0.4, -0.2) is 68.9 Å². The highest BCUT2D eigenvalue weighted by Crippen LogP contribution is 2.25. The number of aromatic hydroxyl groups is 2. The van der Waals surface area contributed by atoms with Crippen LogP contribution in [0, 0.1) is 5.92 Å². The predicted octanol–water partition coefficient (Wildman–Crippen LogP) is 0.459. The molecule has 1 aromatic carbocycles. The molecule has 8 nitrogen and oxygen atoms in total. The van der Waals surface area contributed by atoms with Crippen LogP contribution in [0.4, 0.5) is 5.82 Å². The number of amides is 1. The van der Waals surface area contributed by atoms with E-state index in [4.69, 9.17) is 0 Å². The van der Waals surface area contributed by atoms with E-state index in [1.807, 2.05) is 4.90 Å². The van der Waals surface area contributed by atoms with E-state index >= 15 is 0 Å². The third-order valence-electron chi connectivity index (χ3n) is 4.23. The van der Waals surface area contributed by atoms with E-state index in [1.54, 1.807) is 23.5 Å². The third-order valence-corrected chi connectivity index (χ3v) is 4.23. The molecule has 2 aromatic rings. The average molecular weight is 344 g/mol. The summed E-state index contributed by atoms with van der Waals surface area (Å²) in [5.74, 6) is -0.153. The van der Waals surface area contributed by atoms with Crippen molar-refractivity contribution in [2.24, 2.45) is 5.92 Å². The number of phenolic OH excluding ortho intramolecular Hbond substituents is 2. The van der Waals surface area contributed by atoms with Gasteiger partial charge in [0.05, 0.1) is 11.8 Å². The van der Waals surface area contributed by atoms with E-state index in [1.165, 1.54) is 12.1 Å². The van der Waals surface area contributed by atoms with Crippen LogP contribution in [0.3, 0.4) is 0 Å². The normalized spacial score (nSPS) is 18.0. The molecule has 132 valence electrons. The van der Waals surface area contributed by atoms with Gasteiger partial charge in [0, 0.05) is 57.2 Å². The first-order valence-corrected chi connectivity index (χ1v) is 8.01. The molecule has 1 aromatic heterocycles. The first kappa shape index (κ1) is 17.0. The van der Waals surface area contributed by atoms with Crippen molar-refractivity contribution in [1.82, 2.24) is 14.9 Å². The Kier molecular flexibility index (Phi) is 4.99. The number of nitrogens with zero attached hydrogens (tertiary/aromatic N) is 4. The largest absolute Gasteiger partial charge is 0.508 e. The van der Waals surface area contributed by atoms with Gasteiger partial charge in [-0.15, -0.1) is 0 Å². The Bertz CT molecular complexity index is 741. The van der Waals surface area contributed by atoms with Crippen molar-refractivity contribution in [2.45, 2.75) is 0 Å². The van der Waals surface area contributed by atoms with Gasteiger partial charge in [0.15, 0.2) is 0 Å². The second-order valence-corrected chi connectivity index (χ2v) is 6.01. The molecule has 1 atom stereocenters. The fourth-order valence-corrected chi connectivity index (χ4v) is 2.94. The van der Waals surface area contributed by atoms with Gasteiger partial charge in [0.2, 0.25) is 0 Å². The Morgan fingerprint density at radius 2 is 2.04 bits per heavy atom. The van der Waals surface area contributed by atoms with Gasteiger partial charge < -0.3 is 25.1 Å². The summed E-state index contributed by atoms with van der Waals surface area (Å²) in [5.41, 5.74) is 0.127. The van der Waals surface area contributed by atoms with E-state index in [-0.39, 0.29) is 35.5 Å². The quantitative estimate of drug-likeness (QED) is 0.742. The summed E-state index contributed by atoms with van der Waals surface area (Å²) in [7, 11) is 0. The molecule has 0 bridgehead atoms. The Morgan fingerprint density at radius 1 is 1.20 bits per heavy atom. The average Bonchev–Trinajstić information content (AvgIpc) is 2.85. The Hall–Kier alpha value is -2.87. The summed E-state index contributed by atoms with van der Waals surface area (Å²) in [6.07, 6.45) is 4.84. The van der Waals surface area contributed by atoms with E-state index in [0.29, 0.717) is 32.0 Å². The summed E-state index contributed by atoms with van der Waals surface area (Å²) < 4.78 is 0. The number of phenols is 2. The van der Waals surface area contributed by atoms with Crippen LogP contribution in [0.25, 0.3) is 0 Å². The van der Waals surface area contributed by atoms with Crippen molar-refractivity contribution in [1.29, 1.82) is 0 Å². The van der Waals surface area contributed by atoms with Crippen molar-refractivity contribution < 1.29 is 20.1 Å². The zero-order valence-electron chi connectivity index (χ0n) is 13.6. The zero-order chi connectivity index (χ0) is 17.8. The summed E-state index contributed by atoms with van der Waals surface area (Å²) in [6.45, 7) is 1.82. The van der Waals surface area contributed by atoms with Crippen LogP contribution in [0.15, 0.2) is 36.8 Å². The number of carbonyl (C=O) groups is 1. The molecule has 1 aliphatic heterocycles. The maximum atomic E-state index is 12.7. The smallest absolute Gasteiger partial charge is 0.257 e. The highest BCUT2D eigenvalue weighted by Gasteiger charge is 2.28. The molecule has 3 rings (SSSR count). The van der Waals surface area contributed by atoms with Crippen LogP contribution in [0.2, 0.25) is 0 Å². The molecule has 2 heterocycles. The second-order valence-electron chi connectivity index (χ2n) is 6.01. The maximum absolute atomic E-state index is 12.7. The summed E-state index contributed by atoms with van der Waals surface area (Å²) in [5, 5.41) is 29.0. The molecule has 1 saturated heterocycles. The van der Waals surface area contributed by atoms with Crippen molar-refractivity contribution in [3.63, 3.8) is 0 Å². The van der Waals surface area contributed by atoms with Crippen LogP contribution in [0.1, 0.15) is 10.4 Å². The predicted molar refractivity (Wildman–Crippen MR) is 90.5 cm³/mol. The van der Waals surface area contributed by atoms with Gasteiger partial charge in [-0.3, -0.25) is 9.78 Å². The highest BCUT2D eigenvalue weighted by atomic mass is 16.3. The minimum Gasteiger partial charge on any atom is -0.508 e. The van der Waals surface area contributed by atoms with Crippen LogP contribution in [-0.2, 0) is 0 Å². The van der Waals surface area contributed by atoms with Crippen molar-refractivity contribution in [3.05, 3.63) is 42.4 Å². The van der Waals surface area contributed by atoms with Gasteiger partial charge in [-0.05, 0) is 12.1 Å². The van der Waals surface area contributed by atoms with Crippen LogP contribution in [0.5, 0.6) is 11.5 Å². The lowest BCUT2D eigenvalue weighted by atomic mass is 10.1. The molecule has 1 amide bonds. The molecule has 3 N–H and O–H groups in total. The second kappa shape index (κ2) is 7.35. The number of aliphatic hydroxyl groups is 1. The third kappa shape index (κ3) is 3.80. The van der Waals surface area contributed by atoms with Crippen LogP contribution < -0.4 is 4.90 Å². The zero-order valence-corrected chi connectivity index (χ0v) is 13.6. The van der Waals surface area contributed by atoms with E-state index in [2.05, 4.69) is 9.97 Å². The lowest BCUT2D eigenvalue weighted by Gasteiger charge is -2.23. The first-order valence-electron chi connectivity index (χ1n) is 8.01. The van der Waals surface area contributed by atoms with Gasteiger partial charge in [0.1, 0.15) is 17.3 Å². The van der Waals surface area contributed by atoms with Gasteiger partial charge in [-0.1, -0.05) is 0 Å². The SMILES string of the molecule is O=C(c1ccc(O)cc1O)N1CCN(c2cnccn2)CC(CO)C1. The standard InChI is InChI=1S/C17H20N4O4/c22-11-12-9-20(16-8-18-3-4-19-16)5-6-21(10-12)17(25)14-2-1-13(23)7-15(14)24/h1-4,7-8,12,22-24H,5-6,9-11H2. The van der Waals surface area contributed by atoms with Gasteiger partial charge in [0.25, 0.3) is 5.91 Å². The number of anilines is 1. The molecule has 0 aliphatic carbocycles. The molecule has 0 spiro atoms.